The highest BCUT2D eigenvalue weighted by atomic mass is 31.2. The van der Waals surface area contributed by atoms with Crippen LogP contribution in [0.2, 0.25) is 0 Å². The second-order valence-corrected chi connectivity index (χ2v) is 14.5. The third-order valence-electron chi connectivity index (χ3n) is 8.30. The summed E-state index contributed by atoms with van der Waals surface area (Å²) in [5, 5.41) is 13.5. The van der Waals surface area contributed by atoms with Crippen LogP contribution in [0.3, 0.4) is 0 Å². The van der Waals surface area contributed by atoms with Crippen LogP contribution in [0.1, 0.15) is 162 Å². The summed E-state index contributed by atoms with van der Waals surface area (Å²) >= 11 is 0. The predicted molar refractivity (Wildman–Crippen MR) is 212 cm³/mol. The largest absolute Gasteiger partial charge is 0.472 e. The predicted octanol–water partition coefficient (Wildman–Crippen LogP) is 10.7. The maximum absolute atomic E-state index is 12.7. The van der Waals surface area contributed by atoms with Gasteiger partial charge < -0.3 is 21.1 Å². The lowest BCUT2D eigenvalue weighted by Crippen LogP contribution is -2.45. The van der Waals surface area contributed by atoms with E-state index in [2.05, 4.69) is 67.8 Å². The van der Waals surface area contributed by atoms with Gasteiger partial charge in [0.2, 0.25) is 5.91 Å². The zero-order chi connectivity index (χ0) is 36.8. The van der Waals surface area contributed by atoms with E-state index in [4.69, 9.17) is 14.8 Å². The van der Waals surface area contributed by atoms with Crippen LogP contribution in [0.15, 0.2) is 60.8 Å². The van der Waals surface area contributed by atoms with Crippen molar-refractivity contribution in [3.05, 3.63) is 60.8 Å². The van der Waals surface area contributed by atoms with Crippen LogP contribution < -0.4 is 11.1 Å². The monoisotopic (exact) mass is 723 g/mol. The first-order chi connectivity index (χ1) is 24.4. The van der Waals surface area contributed by atoms with Gasteiger partial charge in [-0.25, -0.2) is 4.57 Å². The average Bonchev–Trinajstić information content (AvgIpc) is 3.10. The number of carbonyl (C=O) groups excluding carboxylic acids is 1. The molecule has 50 heavy (non-hydrogen) atoms. The van der Waals surface area contributed by atoms with E-state index < -0.39 is 20.0 Å². The summed E-state index contributed by atoms with van der Waals surface area (Å²) in [5.74, 6) is -0.218. The highest BCUT2D eigenvalue weighted by Gasteiger charge is 2.26. The highest BCUT2D eigenvalue weighted by Crippen LogP contribution is 2.43. The fraction of sp³-hybridized carbons (Fsp3) is 0.732. The summed E-state index contributed by atoms with van der Waals surface area (Å²) in [6, 6.07) is -0.885. The van der Waals surface area contributed by atoms with Crippen molar-refractivity contribution in [2.24, 2.45) is 5.73 Å². The fourth-order valence-corrected chi connectivity index (χ4v) is 6.08. The summed E-state index contributed by atoms with van der Waals surface area (Å²) in [5.41, 5.74) is 5.35. The molecule has 290 valence electrons. The number of aliphatic hydroxyl groups is 1. The number of allylic oxidation sites excluding steroid dienone is 9. The Morgan fingerprint density at radius 3 is 1.74 bits per heavy atom. The standard InChI is InChI=1S/C41H75N2O6P/c1-3-5-7-9-11-13-15-16-17-18-19-20-21-22-23-24-25-27-29-31-33-35-41(45)43-39(38-49-50(46,47)48-37-36-42)40(44)34-32-30-28-26-14-12-10-8-6-4-2/h6,8,14-16,18-19,26,32,34,39-40,44H,3-5,7,9-13,17,20-25,27-31,33,35-38,42H2,1-2H3,(H,43,45)(H,46,47)/b8-6+,16-15-,19-18-,26-14+,34-32+. The molecule has 9 heteroatoms. The van der Waals surface area contributed by atoms with Crippen LogP contribution in [0.25, 0.3) is 0 Å². The van der Waals surface area contributed by atoms with Crippen molar-refractivity contribution in [3.63, 3.8) is 0 Å². The molecule has 0 heterocycles. The van der Waals surface area contributed by atoms with E-state index in [-0.39, 0.29) is 25.7 Å². The molecular formula is C41H75N2O6P. The second kappa shape index (κ2) is 37.0. The zero-order valence-electron chi connectivity index (χ0n) is 31.9. The lowest BCUT2D eigenvalue weighted by Gasteiger charge is -2.23. The Morgan fingerprint density at radius 2 is 1.18 bits per heavy atom. The molecule has 0 aromatic rings. The number of nitrogens with two attached hydrogens (primary N) is 1. The SMILES string of the molecule is CC/C=C/CC/C=C/CC/C=C/C(O)C(COP(=O)(O)OCCN)NC(=O)CCCCCCCCCCC/C=C\C/C=C\CCCCCCC. The number of carbonyl (C=O) groups is 1. The maximum atomic E-state index is 12.7. The molecule has 0 spiro atoms. The molecule has 0 fully saturated rings. The summed E-state index contributed by atoms with van der Waals surface area (Å²) in [6.07, 6.45) is 45.7. The van der Waals surface area contributed by atoms with Crippen LogP contribution in [-0.2, 0) is 18.4 Å². The van der Waals surface area contributed by atoms with Gasteiger partial charge in [-0.3, -0.25) is 13.8 Å². The Labute approximate surface area is 306 Å². The Hall–Kier alpha value is -1.80. The summed E-state index contributed by atoms with van der Waals surface area (Å²) in [4.78, 5) is 22.6. The average molecular weight is 723 g/mol. The molecule has 3 atom stereocenters. The first kappa shape index (κ1) is 48.2. The van der Waals surface area contributed by atoms with E-state index in [9.17, 15) is 19.4 Å². The smallest absolute Gasteiger partial charge is 0.387 e. The number of amides is 1. The highest BCUT2D eigenvalue weighted by molar-refractivity contribution is 7.47. The van der Waals surface area contributed by atoms with Gasteiger partial charge in [-0.15, -0.1) is 0 Å². The van der Waals surface area contributed by atoms with E-state index in [1.807, 2.05) is 6.08 Å². The first-order valence-corrected chi connectivity index (χ1v) is 21.4. The second-order valence-electron chi connectivity index (χ2n) is 13.1. The van der Waals surface area contributed by atoms with Crippen molar-refractivity contribution in [3.8, 4) is 0 Å². The van der Waals surface area contributed by atoms with Crippen molar-refractivity contribution in [2.45, 2.75) is 174 Å². The minimum Gasteiger partial charge on any atom is -0.387 e. The molecule has 0 aliphatic carbocycles. The lowest BCUT2D eigenvalue weighted by molar-refractivity contribution is -0.123. The van der Waals surface area contributed by atoms with Crippen LogP contribution in [0.5, 0.6) is 0 Å². The number of phosphoric ester groups is 1. The third kappa shape index (κ3) is 34.6. The van der Waals surface area contributed by atoms with Gasteiger partial charge in [-0.1, -0.05) is 145 Å². The summed E-state index contributed by atoms with van der Waals surface area (Å²) < 4.78 is 22.0. The number of rotatable bonds is 36. The van der Waals surface area contributed by atoms with Gasteiger partial charge in [-0.2, -0.15) is 0 Å². The minimum absolute atomic E-state index is 0.0684. The van der Waals surface area contributed by atoms with E-state index in [1.165, 1.54) is 83.5 Å². The third-order valence-corrected chi connectivity index (χ3v) is 9.29. The molecule has 0 bridgehead atoms. The number of hydrogen-bond donors (Lipinski definition) is 4. The van der Waals surface area contributed by atoms with Crippen LogP contribution in [0, 0.1) is 0 Å². The van der Waals surface area contributed by atoms with Crippen LogP contribution >= 0.6 is 7.82 Å². The molecule has 5 N–H and O–H groups in total. The Bertz CT molecular complexity index is 965. The zero-order valence-corrected chi connectivity index (χ0v) is 32.8. The van der Waals surface area contributed by atoms with Crippen molar-refractivity contribution in [1.82, 2.24) is 5.32 Å². The summed E-state index contributed by atoms with van der Waals surface area (Å²) in [7, 11) is -4.35. The quantitative estimate of drug-likeness (QED) is 0.0288. The molecule has 0 radical (unpaired) electrons. The number of phosphoric acid groups is 1. The van der Waals surface area contributed by atoms with E-state index >= 15 is 0 Å². The van der Waals surface area contributed by atoms with E-state index in [0.29, 0.717) is 6.42 Å². The van der Waals surface area contributed by atoms with Crippen molar-refractivity contribution < 1.29 is 28.4 Å². The number of nitrogens with one attached hydrogen (secondary N) is 1. The molecule has 0 saturated heterocycles. The Kier molecular flexibility index (Phi) is 35.6. The summed E-state index contributed by atoms with van der Waals surface area (Å²) in [6.45, 7) is 3.95. The van der Waals surface area contributed by atoms with Gasteiger partial charge in [0.25, 0.3) is 0 Å². The first-order valence-electron chi connectivity index (χ1n) is 19.9. The maximum Gasteiger partial charge on any atom is 0.472 e. The molecule has 3 unspecified atom stereocenters. The van der Waals surface area contributed by atoms with E-state index in [1.54, 1.807) is 6.08 Å². The van der Waals surface area contributed by atoms with Gasteiger partial charge in [0.1, 0.15) is 0 Å². The van der Waals surface area contributed by atoms with Crippen LogP contribution in [-0.4, -0.2) is 47.8 Å². The fourth-order valence-electron chi connectivity index (χ4n) is 5.32. The molecule has 8 nitrogen and oxygen atoms in total. The van der Waals surface area contributed by atoms with Crippen molar-refractivity contribution in [2.75, 3.05) is 19.8 Å². The molecule has 0 rings (SSSR count). The van der Waals surface area contributed by atoms with Gasteiger partial charge in [0.05, 0.1) is 25.4 Å². The van der Waals surface area contributed by atoms with Crippen LogP contribution in [0.4, 0.5) is 0 Å². The molecule has 0 aliphatic heterocycles. The number of aliphatic hydroxyl groups excluding tert-OH is 1. The van der Waals surface area contributed by atoms with Gasteiger partial charge in [-0.05, 0) is 70.6 Å². The van der Waals surface area contributed by atoms with Crippen molar-refractivity contribution in [1.29, 1.82) is 0 Å². The Morgan fingerprint density at radius 1 is 0.680 bits per heavy atom. The molecule has 0 saturated carbocycles. The normalized spacial score (nSPS) is 14.9. The van der Waals surface area contributed by atoms with Crippen molar-refractivity contribution >= 4 is 13.7 Å². The number of hydrogen-bond acceptors (Lipinski definition) is 6. The van der Waals surface area contributed by atoms with E-state index in [0.717, 1.165) is 57.8 Å². The molecule has 1 amide bonds. The molecule has 0 aromatic carbocycles. The van der Waals surface area contributed by atoms with Gasteiger partial charge >= 0.3 is 7.82 Å². The van der Waals surface area contributed by atoms with Gasteiger partial charge in [0, 0.05) is 13.0 Å². The number of unbranched alkanes of at least 4 members (excludes halogenated alkanes) is 16. The topological polar surface area (TPSA) is 131 Å². The van der Waals surface area contributed by atoms with Gasteiger partial charge in [0.15, 0.2) is 0 Å². The molecule has 0 aromatic heterocycles. The lowest BCUT2D eigenvalue weighted by atomic mass is 10.1. The Balaban J connectivity index is 4.20. The minimum atomic E-state index is -4.35. The molecule has 0 aliphatic rings. The molecular weight excluding hydrogens is 647 g/mol.